The topological polar surface area (TPSA) is 80.5 Å². The summed E-state index contributed by atoms with van der Waals surface area (Å²) >= 11 is 2.03. The molecule has 1 aromatic carbocycles. The maximum atomic E-state index is 14.3. The normalized spacial score (nSPS) is 14.1. The maximum absolute atomic E-state index is 14.3. The van der Waals surface area contributed by atoms with Crippen molar-refractivity contribution in [1.29, 1.82) is 0 Å². The van der Waals surface area contributed by atoms with Gasteiger partial charge in [-0.05, 0) is 65.9 Å². The Bertz CT molecular complexity index is 941. The monoisotopic (exact) mass is 480 g/mol. The van der Waals surface area contributed by atoms with Crippen molar-refractivity contribution in [3.05, 3.63) is 74.8 Å². The van der Waals surface area contributed by atoms with Crippen LogP contribution < -0.4 is 15.8 Å². The number of pyridine rings is 1. The van der Waals surface area contributed by atoms with Crippen molar-refractivity contribution < 1.29 is 13.9 Å². The second-order valence-corrected chi connectivity index (χ2v) is 7.27. The summed E-state index contributed by atoms with van der Waals surface area (Å²) in [5.74, 6) is 0.0578. The number of aromatic nitrogens is 1. The lowest BCUT2D eigenvalue weighted by molar-refractivity contribution is -0.114. The Balaban J connectivity index is 1.97. The molecule has 8 heteroatoms. The van der Waals surface area contributed by atoms with Gasteiger partial charge in [0.05, 0.1) is 11.9 Å². The summed E-state index contributed by atoms with van der Waals surface area (Å²) in [6.45, 7) is 2.32. The average Bonchev–Trinajstić information content (AvgIpc) is 2.61. The Kier molecular flexibility index (Phi) is 5.64. The molecule has 2 aromatic rings. The van der Waals surface area contributed by atoms with Crippen molar-refractivity contribution >= 4 is 34.2 Å². The first-order valence-corrected chi connectivity index (χ1v) is 9.21. The fourth-order valence-corrected chi connectivity index (χ4v) is 3.02. The molecule has 0 spiro atoms. The molecule has 0 bridgehead atoms. The minimum atomic E-state index is -0.679. The molecule has 1 aliphatic rings. The van der Waals surface area contributed by atoms with E-state index in [9.17, 15) is 9.18 Å². The summed E-state index contributed by atoms with van der Waals surface area (Å²) in [5, 5.41) is 2.97. The number of rotatable bonds is 5. The second-order valence-electron chi connectivity index (χ2n) is 6.02. The third kappa shape index (κ3) is 4.38. The molecule has 6 nitrogen and oxygen atoms in total. The lowest BCUT2D eigenvalue weighted by atomic mass is 10.1. The lowest BCUT2D eigenvalue weighted by Gasteiger charge is -2.29. The molecule has 1 aliphatic heterocycles. The molecule has 1 amide bonds. The van der Waals surface area contributed by atoms with E-state index >= 15 is 0 Å². The smallest absolute Gasteiger partial charge is 0.256 e. The van der Waals surface area contributed by atoms with Gasteiger partial charge >= 0.3 is 0 Å². The minimum Gasteiger partial charge on any atom is -0.455 e. The van der Waals surface area contributed by atoms with Gasteiger partial charge in [0.1, 0.15) is 28.7 Å². The first-order valence-electron chi connectivity index (χ1n) is 8.13. The number of halogens is 2. The number of carbonyl (C=O) groups excluding carboxylic acids is 1. The zero-order valence-corrected chi connectivity index (χ0v) is 17.0. The van der Waals surface area contributed by atoms with Gasteiger partial charge in [0.15, 0.2) is 0 Å². The predicted molar refractivity (Wildman–Crippen MR) is 109 cm³/mol. The van der Waals surface area contributed by atoms with Crippen LogP contribution >= 0.6 is 22.6 Å². The van der Waals surface area contributed by atoms with Crippen LogP contribution in [-0.4, -0.2) is 29.4 Å². The molecule has 0 saturated carbocycles. The van der Waals surface area contributed by atoms with Gasteiger partial charge in [-0.2, -0.15) is 0 Å². The van der Waals surface area contributed by atoms with Crippen LogP contribution in [0.2, 0.25) is 0 Å². The van der Waals surface area contributed by atoms with Crippen molar-refractivity contribution in [2.45, 2.75) is 6.92 Å². The molecule has 0 atom stereocenters. The SMILES string of the molecule is Cc1ccc(OC2=CCN(C)C(Nc3ccc(I)cc3F)=C2C(N)=O)cn1. The summed E-state index contributed by atoms with van der Waals surface area (Å²) in [6, 6.07) is 8.34. The van der Waals surface area contributed by atoms with E-state index in [4.69, 9.17) is 10.5 Å². The number of nitrogens with one attached hydrogen (secondary N) is 1. The van der Waals surface area contributed by atoms with E-state index in [1.165, 1.54) is 6.07 Å². The summed E-state index contributed by atoms with van der Waals surface area (Å²) in [4.78, 5) is 18.1. The van der Waals surface area contributed by atoms with Crippen LogP contribution in [0.25, 0.3) is 0 Å². The Hall–Kier alpha value is -2.62. The van der Waals surface area contributed by atoms with E-state index in [-0.39, 0.29) is 11.3 Å². The number of nitrogens with two attached hydrogens (primary N) is 1. The van der Waals surface area contributed by atoms with Crippen LogP contribution in [0.4, 0.5) is 10.1 Å². The Morgan fingerprint density at radius 3 is 2.78 bits per heavy atom. The van der Waals surface area contributed by atoms with E-state index in [1.54, 1.807) is 48.5 Å². The fraction of sp³-hybridized carbons (Fsp3) is 0.158. The van der Waals surface area contributed by atoms with E-state index in [0.717, 1.165) is 9.26 Å². The fourth-order valence-electron chi connectivity index (χ4n) is 2.57. The maximum Gasteiger partial charge on any atom is 0.256 e. The highest BCUT2D eigenvalue weighted by molar-refractivity contribution is 14.1. The van der Waals surface area contributed by atoms with Crippen molar-refractivity contribution in [3.63, 3.8) is 0 Å². The van der Waals surface area contributed by atoms with Gasteiger partial charge in [-0.25, -0.2) is 4.39 Å². The Labute approximate surface area is 170 Å². The van der Waals surface area contributed by atoms with Gasteiger partial charge in [-0.3, -0.25) is 9.78 Å². The number of hydrogen-bond acceptors (Lipinski definition) is 5. The standard InChI is InChI=1S/C19H18FIN4O2/c1-11-3-5-13(10-23-11)27-16-7-8-25(2)19(17(16)18(22)26)24-15-6-4-12(21)9-14(15)20/h3-7,9-10,24H,8H2,1-2H3,(H2,22,26). The van der Waals surface area contributed by atoms with Gasteiger partial charge in [-0.15, -0.1) is 0 Å². The molecule has 0 aliphatic carbocycles. The number of ether oxygens (including phenoxy) is 1. The zero-order valence-electron chi connectivity index (χ0n) is 14.8. The molecule has 0 saturated heterocycles. The number of amides is 1. The Morgan fingerprint density at radius 1 is 1.37 bits per heavy atom. The molecule has 0 unspecified atom stereocenters. The summed E-state index contributed by atoms with van der Waals surface area (Å²) in [7, 11) is 1.77. The summed E-state index contributed by atoms with van der Waals surface area (Å²) in [5.41, 5.74) is 6.84. The van der Waals surface area contributed by atoms with E-state index in [2.05, 4.69) is 10.3 Å². The predicted octanol–water partition coefficient (Wildman–Crippen LogP) is 3.15. The molecule has 0 radical (unpaired) electrons. The third-order valence-corrected chi connectivity index (χ3v) is 4.63. The molecule has 3 N–H and O–H groups in total. The van der Waals surface area contributed by atoms with Crippen LogP contribution in [0.3, 0.4) is 0 Å². The second kappa shape index (κ2) is 7.95. The first kappa shape index (κ1) is 19.2. The van der Waals surface area contributed by atoms with E-state index in [1.807, 2.05) is 29.5 Å². The van der Waals surface area contributed by atoms with E-state index < -0.39 is 11.7 Å². The Morgan fingerprint density at radius 2 is 2.15 bits per heavy atom. The number of carbonyl (C=O) groups is 1. The quantitative estimate of drug-likeness (QED) is 0.643. The summed E-state index contributed by atoms with van der Waals surface area (Å²) < 4.78 is 20.9. The molecule has 140 valence electrons. The van der Waals surface area contributed by atoms with Gasteiger partial charge in [0, 0.05) is 22.9 Å². The number of likely N-dealkylation sites (N-methyl/N-ethyl adjacent to an activating group) is 1. The van der Waals surface area contributed by atoms with Crippen molar-refractivity contribution in [1.82, 2.24) is 9.88 Å². The lowest BCUT2D eigenvalue weighted by Crippen LogP contribution is -2.34. The van der Waals surface area contributed by atoms with Crippen LogP contribution in [0, 0.1) is 16.3 Å². The molecule has 27 heavy (non-hydrogen) atoms. The van der Waals surface area contributed by atoms with Crippen LogP contribution in [0.5, 0.6) is 5.75 Å². The molecule has 1 aromatic heterocycles. The van der Waals surface area contributed by atoms with Crippen LogP contribution in [0.15, 0.2) is 59.8 Å². The highest BCUT2D eigenvalue weighted by Gasteiger charge is 2.26. The van der Waals surface area contributed by atoms with Gasteiger partial charge in [0.2, 0.25) is 0 Å². The van der Waals surface area contributed by atoms with Crippen molar-refractivity contribution in [2.24, 2.45) is 5.73 Å². The van der Waals surface area contributed by atoms with Crippen molar-refractivity contribution in [2.75, 3.05) is 18.9 Å². The first-order chi connectivity index (χ1) is 12.8. The molecular formula is C19H18FIN4O2. The summed E-state index contributed by atoms with van der Waals surface area (Å²) in [6.07, 6.45) is 3.31. The van der Waals surface area contributed by atoms with Crippen LogP contribution in [-0.2, 0) is 4.79 Å². The van der Waals surface area contributed by atoms with Crippen molar-refractivity contribution in [3.8, 4) is 5.75 Å². The highest BCUT2D eigenvalue weighted by atomic mass is 127. The third-order valence-electron chi connectivity index (χ3n) is 3.96. The molecule has 0 fully saturated rings. The molecule has 2 heterocycles. The van der Waals surface area contributed by atoms with Gasteiger partial charge in [0.25, 0.3) is 5.91 Å². The number of anilines is 1. The zero-order chi connectivity index (χ0) is 19.6. The number of benzene rings is 1. The van der Waals surface area contributed by atoms with Gasteiger partial charge in [-0.1, -0.05) is 0 Å². The number of primary amides is 1. The average molecular weight is 480 g/mol. The number of nitrogens with zero attached hydrogens (tertiary/aromatic N) is 2. The molecular weight excluding hydrogens is 462 g/mol. The molecule has 3 rings (SSSR count). The highest BCUT2D eigenvalue weighted by Crippen LogP contribution is 2.28. The largest absolute Gasteiger partial charge is 0.455 e. The van der Waals surface area contributed by atoms with Gasteiger partial charge < -0.3 is 20.7 Å². The van der Waals surface area contributed by atoms with Crippen LogP contribution in [0.1, 0.15) is 5.69 Å². The number of hydrogen-bond donors (Lipinski definition) is 2. The number of aryl methyl sites for hydroxylation is 1. The minimum absolute atomic E-state index is 0.141. The van der Waals surface area contributed by atoms with E-state index in [0.29, 0.717) is 23.9 Å².